The molecule has 2 aliphatic heterocycles. The second kappa shape index (κ2) is 8.02. The van der Waals surface area contributed by atoms with Gasteiger partial charge in [-0.3, -0.25) is 0 Å². The van der Waals surface area contributed by atoms with Gasteiger partial charge in [-0.1, -0.05) is 12.1 Å². The van der Waals surface area contributed by atoms with Crippen LogP contribution >= 0.6 is 12.4 Å². The summed E-state index contributed by atoms with van der Waals surface area (Å²) < 4.78 is 5.53. The van der Waals surface area contributed by atoms with Crippen molar-refractivity contribution in [1.82, 2.24) is 10.2 Å². The van der Waals surface area contributed by atoms with Crippen molar-refractivity contribution in [2.45, 2.75) is 25.7 Å². The smallest absolute Gasteiger partial charge is 0.122 e. The maximum atomic E-state index is 5.53. The van der Waals surface area contributed by atoms with E-state index in [2.05, 4.69) is 28.4 Å². The lowest BCUT2D eigenvalue weighted by atomic mass is 9.97. The summed E-state index contributed by atoms with van der Waals surface area (Å²) in [6.07, 6.45) is 4.97. The molecule has 0 bridgehead atoms. The summed E-state index contributed by atoms with van der Waals surface area (Å²) >= 11 is 0. The van der Waals surface area contributed by atoms with E-state index in [1.54, 1.807) is 7.11 Å². The normalized spacial score (nSPS) is 20.2. The van der Waals surface area contributed by atoms with E-state index < -0.39 is 0 Å². The number of halogens is 1. The molecule has 1 fully saturated rings. The fraction of sp³-hybridized carbons (Fsp3) is 0.647. The molecule has 0 aromatic heterocycles. The zero-order chi connectivity index (χ0) is 13.8. The SMILES string of the molecule is COc1cccc2c1CCN(CC1CCNCC1)CC2.Cl. The average molecular weight is 311 g/mol. The van der Waals surface area contributed by atoms with Gasteiger partial charge in [-0.05, 0) is 61.9 Å². The molecule has 21 heavy (non-hydrogen) atoms. The molecule has 0 saturated carbocycles. The van der Waals surface area contributed by atoms with Crippen molar-refractivity contribution < 1.29 is 4.74 Å². The molecule has 4 heteroatoms. The molecule has 1 aromatic carbocycles. The van der Waals surface area contributed by atoms with Crippen LogP contribution < -0.4 is 10.1 Å². The number of hydrogen-bond acceptors (Lipinski definition) is 3. The lowest BCUT2D eigenvalue weighted by molar-refractivity contribution is 0.213. The van der Waals surface area contributed by atoms with Gasteiger partial charge in [0.2, 0.25) is 0 Å². The number of fused-ring (bicyclic) bond motifs is 1. The van der Waals surface area contributed by atoms with Gasteiger partial charge in [0.1, 0.15) is 5.75 Å². The third kappa shape index (κ3) is 4.12. The van der Waals surface area contributed by atoms with Gasteiger partial charge in [0, 0.05) is 19.6 Å². The molecule has 0 aliphatic carbocycles. The van der Waals surface area contributed by atoms with Crippen LogP contribution in [-0.4, -0.2) is 44.7 Å². The molecule has 0 unspecified atom stereocenters. The molecule has 0 atom stereocenters. The molecule has 0 radical (unpaired) electrons. The number of nitrogens with one attached hydrogen (secondary N) is 1. The van der Waals surface area contributed by atoms with Crippen LogP contribution in [0.3, 0.4) is 0 Å². The van der Waals surface area contributed by atoms with Crippen LogP contribution in [0.1, 0.15) is 24.0 Å². The van der Waals surface area contributed by atoms with Crippen molar-refractivity contribution in [2.24, 2.45) is 5.92 Å². The Bertz CT molecular complexity index is 446. The summed E-state index contributed by atoms with van der Waals surface area (Å²) in [6.45, 7) is 6.05. The predicted molar refractivity (Wildman–Crippen MR) is 89.7 cm³/mol. The van der Waals surface area contributed by atoms with Crippen molar-refractivity contribution in [3.63, 3.8) is 0 Å². The summed E-state index contributed by atoms with van der Waals surface area (Å²) in [5, 5.41) is 3.46. The highest BCUT2D eigenvalue weighted by Crippen LogP contribution is 2.26. The molecule has 0 amide bonds. The maximum absolute atomic E-state index is 5.53. The van der Waals surface area contributed by atoms with Crippen molar-refractivity contribution in [3.8, 4) is 5.75 Å². The molecule has 3 nitrogen and oxygen atoms in total. The Labute approximate surface area is 134 Å². The fourth-order valence-corrected chi connectivity index (χ4v) is 3.59. The fourth-order valence-electron chi connectivity index (χ4n) is 3.59. The second-order valence-corrected chi connectivity index (χ2v) is 6.09. The third-order valence-electron chi connectivity index (χ3n) is 4.80. The summed E-state index contributed by atoms with van der Waals surface area (Å²) in [6, 6.07) is 6.49. The standard InChI is InChI=1S/C17H26N2O.ClH/c1-20-17-4-2-3-15-7-11-19(12-8-16(15)17)13-14-5-9-18-10-6-14;/h2-4,14,18H,5-13H2,1H3;1H. The zero-order valence-corrected chi connectivity index (χ0v) is 13.8. The van der Waals surface area contributed by atoms with Gasteiger partial charge >= 0.3 is 0 Å². The molecule has 2 heterocycles. The van der Waals surface area contributed by atoms with Crippen molar-refractivity contribution >= 4 is 12.4 Å². The minimum Gasteiger partial charge on any atom is -0.496 e. The Morgan fingerprint density at radius 2 is 1.95 bits per heavy atom. The van der Waals surface area contributed by atoms with Crippen LogP contribution in [-0.2, 0) is 12.8 Å². The molecule has 3 rings (SSSR count). The highest BCUT2D eigenvalue weighted by Gasteiger charge is 2.20. The molecule has 118 valence electrons. The molecular weight excluding hydrogens is 284 g/mol. The number of hydrogen-bond donors (Lipinski definition) is 1. The first-order valence-corrected chi connectivity index (χ1v) is 7.94. The highest BCUT2D eigenvalue weighted by molar-refractivity contribution is 5.85. The predicted octanol–water partition coefficient (Wildman–Crippen LogP) is 2.52. The Hall–Kier alpha value is -0.770. The van der Waals surface area contributed by atoms with Crippen molar-refractivity contribution in [2.75, 3.05) is 39.8 Å². The van der Waals surface area contributed by atoms with Gasteiger partial charge in [0.15, 0.2) is 0 Å². The van der Waals surface area contributed by atoms with Gasteiger partial charge in [-0.15, -0.1) is 12.4 Å². The zero-order valence-electron chi connectivity index (χ0n) is 12.9. The molecule has 2 aliphatic rings. The first kappa shape index (κ1) is 16.6. The van der Waals surface area contributed by atoms with E-state index in [-0.39, 0.29) is 12.4 Å². The number of rotatable bonds is 3. The van der Waals surface area contributed by atoms with E-state index in [9.17, 15) is 0 Å². The van der Waals surface area contributed by atoms with Gasteiger partial charge in [-0.2, -0.15) is 0 Å². The van der Waals surface area contributed by atoms with Crippen LogP contribution in [0.15, 0.2) is 18.2 Å². The van der Waals surface area contributed by atoms with Gasteiger partial charge in [0.25, 0.3) is 0 Å². The molecule has 1 aromatic rings. The van der Waals surface area contributed by atoms with E-state index in [4.69, 9.17) is 4.74 Å². The average Bonchev–Trinajstić information content (AvgIpc) is 2.71. The largest absolute Gasteiger partial charge is 0.496 e. The second-order valence-electron chi connectivity index (χ2n) is 6.09. The molecule has 1 saturated heterocycles. The first-order chi connectivity index (χ1) is 9.86. The monoisotopic (exact) mass is 310 g/mol. The Kier molecular flexibility index (Phi) is 6.34. The number of ether oxygens (including phenoxy) is 1. The number of piperidine rings is 1. The summed E-state index contributed by atoms with van der Waals surface area (Å²) in [7, 11) is 1.79. The maximum Gasteiger partial charge on any atom is 0.122 e. The number of methoxy groups -OCH3 is 1. The van der Waals surface area contributed by atoms with Crippen LogP contribution in [0.25, 0.3) is 0 Å². The van der Waals surface area contributed by atoms with Crippen LogP contribution in [0, 0.1) is 5.92 Å². The summed E-state index contributed by atoms with van der Waals surface area (Å²) in [5.41, 5.74) is 2.92. The third-order valence-corrected chi connectivity index (χ3v) is 4.80. The Morgan fingerprint density at radius 1 is 1.19 bits per heavy atom. The minimum atomic E-state index is 0. The summed E-state index contributed by atoms with van der Waals surface area (Å²) in [4.78, 5) is 2.66. The van der Waals surface area contributed by atoms with E-state index in [0.29, 0.717) is 0 Å². The van der Waals surface area contributed by atoms with E-state index in [1.165, 1.54) is 56.7 Å². The Balaban J connectivity index is 0.00000161. The molecule has 1 N–H and O–H groups in total. The lowest BCUT2D eigenvalue weighted by Crippen LogP contribution is -2.37. The van der Waals surface area contributed by atoms with Crippen LogP contribution in [0.2, 0.25) is 0 Å². The lowest BCUT2D eigenvalue weighted by Gasteiger charge is -2.29. The van der Waals surface area contributed by atoms with Crippen molar-refractivity contribution in [3.05, 3.63) is 29.3 Å². The molecule has 0 spiro atoms. The van der Waals surface area contributed by atoms with Crippen LogP contribution in [0.5, 0.6) is 5.75 Å². The number of benzene rings is 1. The number of nitrogens with zero attached hydrogens (tertiary/aromatic N) is 1. The topological polar surface area (TPSA) is 24.5 Å². The first-order valence-electron chi connectivity index (χ1n) is 7.94. The van der Waals surface area contributed by atoms with E-state index in [0.717, 1.165) is 24.5 Å². The van der Waals surface area contributed by atoms with Gasteiger partial charge in [-0.25, -0.2) is 0 Å². The summed E-state index contributed by atoms with van der Waals surface area (Å²) in [5.74, 6) is 1.96. The molecular formula is C17H27ClN2O. The van der Waals surface area contributed by atoms with E-state index >= 15 is 0 Å². The van der Waals surface area contributed by atoms with E-state index in [1.807, 2.05) is 0 Å². The quantitative estimate of drug-likeness (QED) is 0.928. The Morgan fingerprint density at radius 3 is 2.71 bits per heavy atom. The van der Waals surface area contributed by atoms with Crippen LogP contribution in [0.4, 0.5) is 0 Å². The van der Waals surface area contributed by atoms with Gasteiger partial charge < -0.3 is 15.0 Å². The minimum absolute atomic E-state index is 0. The van der Waals surface area contributed by atoms with Gasteiger partial charge in [0.05, 0.1) is 7.11 Å². The van der Waals surface area contributed by atoms with Crippen molar-refractivity contribution in [1.29, 1.82) is 0 Å². The highest BCUT2D eigenvalue weighted by atomic mass is 35.5.